The average molecular weight is 250 g/mol. The number of halogens is 1. The van der Waals surface area contributed by atoms with Gasteiger partial charge in [0.15, 0.2) is 0 Å². The van der Waals surface area contributed by atoms with Crippen LogP contribution < -0.4 is 5.32 Å². The summed E-state index contributed by atoms with van der Waals surface area (Å²) in [6.45, 7) is 5.34. The van der Waals surface area contributed by atoms with Crippen molar-refractivity contribution in [2.75, 3.05) is 13.7 Å². The van der Waals surface area contributed by atoms with Crippen molar-refractivity contribution < 1.29 is 9.13 Å². The Bertz CT molecular complexity index is 426. The molecule has 0 saturated carbocycles. The minimum Gasteiger partial charge on any atom is -0.383 e. The maximum Gasteiger partial charge on any atom is 0.124 e. The third-order valence-electron chi connectivity index (χ3n) is 2.81. The molecule has 0 radical (unpaired) electrons. The molecule has 4 heteroatoms. The number of hydrogen-bond acceptors (Lipinski definition) is 3. The van der Waals surface area contributed by atoms with Crippen LogP contribution in [0.4, 0.5) is 4.39 Å². The van der Waals surface area contributed by atoms with Crippen LogP contribution in [0.5, 0.6) is 0 Å². The zero-order chi connectivity index (χ0) is 13.5. The molecule has 1 aromatic rings. The second kappa shape index (κ2) is 7.10. The van der Waals surface area contributed by atoms with E-state index in [1.54, 1.807) is 13.2 Å². The largest absolute Gasteiger partial charge is 0.383 e. The molecule has 0 amide bonds. The molecule has 0 aliphatic rings. The van der Waals surface area contributed by atoms with Crippen LogP contribution in [0, 0.1) is 23.1 Å². The Morgan fingerprint density at radius 1 is 1.39 bits per heavy atom. The summed E-state index contributed by atoms with van der Waals surface area (Å²) in [7, 11) is 1.66. The highest BCUT2D eigenvalue weighted by molar-refractivity contribution is 5.33. The number of methoxy groups -OCH3 is 1. The van der Waals surface area contributed by atoms with E-state index in [1.807, 2.05) is 6.07 Å². The summed E-state index contributed by atoms with van der Waals surface area (Å²) >= 11 is 0. The minimum absolute atomic E-state index is 0.212. The molecule has 3 nitrogen and oxygen atoms in total. The Kier molecular flexibility index (Phi) is 5.76. The van der Waals surface area contributed by atoms with Gasteiger partial charge < -0.3 is 10.1 Å². The molecule has 1 atom stereocenters. The molecule has 0 aliphatic heterocycles. The molecule has 1 aromatic carbocycles. The molecule has 0 saturated heterocycles. The SMILES string of the molecule is COCC(NCc1cc(F)cc(C#N)c1)C(C)C. The van der Waals surface area contributed by atoms with Crippen molar-refractivity contribution in [2.45, 2.75) is 26.4 Å². The van der Waals surface area contributed by atoms with Crippen LogP contribution in [0.1, 0.15) is 25.0 Å². The molecule has 0 aliphatic carbocycles. The zero-order valence-corrected chi connectivity index (χ0v) is 11.0. The lowest BCUT2D eigenvalue weighted by atomic mass is 10.0. The number of nitriles is 1. The molecule has 98 valence electrons. The molecule has 1 rings (SSSR count). The Labute approximate surface area is 108 Å². The van der Waals surface area contributed by atoms with E-state index in [0.717, 1.165) is 5.56 Å². The maximum absolute atomic E-state index is 13.2. The van der Waals surface area contributed by atoms with Crippen LogP contribution in [-0.2, 0) is 11.3 Å². The van der Waals surface area contributed by atoms with Crippen LogP contribution in [0.25, 0.3) is 0 Å². The van der Waals surface area contributed by atoms with Gasteiger partial charge in [-0.25, -0.2) is 4.39 Å². The molecule has 18 heavy (non-hydrogen) atoms. The second-order valence-electron chi connectivity index (χ2n) is 4.65. The van der Waals surface area contributed by atoms with E-state index in [1.165, 1.54) is 12.1 Å². The predicted molar refractivity (Wildman–Crippen MR) is 68.5 cm³/mol. The van der Waals surface area contributed by atoms with E-state index >= 15 is 0 Å². The van der Waals surface area contributed by atoms with Gasteiger partial charge in [-0.15, -0.1) is 0 Å². The highest BCUT2D eigenvalue weighted by atomic mass is 19.1. The van der Waals surface area contributed by atoms with Gasteiger partial charge in [-0.05, 0) is 29.7 Å². The lowest BCUT2D eigenvalue weighted by Gasteiger charge is -2.21. The van der Waals surface area contributed by atoms with Crippen molar-refractivity contribution in [3.63, 3.8) is 0 Å². The average Bonchev–Trinajstić information content (AvgIpc) is 2.33. The molecular weight excluding hydrogens is 231 g/mol. The molecule has 0 heterocycles. The van der Waals surface area contributed by atoms with E-state index in [9.17, 15) is 4.39 Å². The molecule has 1 N–H and O–H groups in total. The smallest absolute Gasteiger partial charge is 0.124 e. The van der Waals surface area contributed by atoms with Gasteiger partial charge in [0.25, 0.3) is 0 Å². The molecule has 1 unspecified atom stereocenters. The predicted octanol–water partition coefficient (Wildman–Crippen LogP) is 2.46. The van der Waals surface area contributed by atoms with Crippen LogP contribution in [0.2, 0.25) is 0 Å². The fourth-order valence-corrected chi connectivity index (χ4v) is 1.73. The summed E-state index contributed by atoms with van der Waals surface area (Å²) in [4.78, 5) is 0. The number of hydrogen-bond donors (Lipinski definition) is 1. The summed E-state index contributed by atoms with van der Waals surface area (Å²) in [6, 6.07) is 6.54. The lowest BCUT2D eigenvalue weighted by Crippen LogP contribution is -2.37. The summed E-state index contributed by atoms with van der Waals surface area (Å²) in [5.74, 6) is 0.0487. The van der Waals surface area contributed by atoms with Gasteiger partial charge in [0, 0.05) is 19.7 Å². The van der Waals surface area contributed by atoms with Crippen molar-refractivity contribution in [3.05, 3.63) is 35.1 Å². The molecular formula is C14H19FN2O. The van der Waals surface area contributed by atoms with Gasteiger partial charge in [-0.2, -0.15) is 5.26 Å². The number of rotatable bonds is 6. The van der Waals surface area contributed by atoms with Crippen LogP contribution in [0.3, 0.4) is 0 Å². The van der Waals surface area contributed by atoms with Crippen molar-refractivity contribution in [1.82, 2.24) is 5.32 Å². The third-order valence-corrected chi connectivity index (χ3v) is 2.81. The number of nitrogens with zero attached hydrogens (tertiary/aromatic N) is 1. The van der Waals surface area contributed by atoms with Crippen LogP contribution in [-0.4, -0.2) is 19.8 Å². The second-order valence-corrected chi connectivity index (χ2v) is 4.65. The maximum atomic E-state index is 13.2. The summed E-state index contributed by atoms with van der Waals surface area (Å²) in [5, 5.41) is 12.1. The van der Waals surface area contributed by atoms with Crippen molar-refractivity contribution in [1.29, 1.82) is 5.26 Å². The Hall–Kier alpha value is -1.44. The number of ether oxygens (including phenoxy) is 1. The highest BCUT2D eigenvalue weighted by Gasteiger charge is 2.12. The van der Waals surface area contributed by atoms with Gasteiger partial charge in [-0.1, -0.05) is 13.8 Å². The van der Waals surface area contributed by atoms with Crippen LogP contribution >= 0.6 is 0 Å². The van der Waals surface area contributed by atoms with E-state index < -0.39 is 0 Å². The number of benzene rings is 1. The fraction of sp³-hybridized carbons (Fsp3) is 0.500. The third kappa shape index (κ3) is 4.44. The van der Waals surface area contributed by atoms with Gasteiger partial charge >= 0.3 is 0 Å². The van der Waals surface area contributed by atoms with E-state index in [4.69, 9.17) is 10.00 Å². The lowest BCUT2D eigenvalue weighted by molar-refractivity contribution is 0.146. The Balaban J connectivity index is 2.67. The van der Waals surface area contributed by atoms with Gasteiger partial charge in [0.1, 0.15) is 5.82 Å². The van der Waals surface area contributed by atoms with Gasteiger partial charge in [0.05, 0.1) is 18.2 Å². The van der Waals surface area contributed by atoms with Crippen LogP contribution in [0.15, 0.2) is 18.2 Å². The Morgan fingerprint density at radius 3 is 2.67 bits per heavy atom. The molecule has 0 bridgehead atoms. The van der Waals surface area contributed by atoms with E-state index in [-0.39, 0.29) is 11.9 Å². The van der Waals surface area contributed by atoms with Crippen molar-refractivity contribution in [3.8, 4) is 6.07 Å². The van der Waals surface area contributed by atoms with E-state index in [2.05, 4.69) is 19.2 Å². The van der Waals surface area contributed by atoms with E-state index in [0.29, 0.717) is 24.6 Å². The first-order valence-corrected chi connectivity index (χ1v) is 5.98. The van der Waals surface area contributed by atoms with Gasteiger partial charge in [-0.3, -0.25) is 0 Å². The Morgan fingerprint density at radius 2 is 2.11 bits per heavy atom. The first-order chi connectivity index (χ1) is 8.56. The highest BCUT2D eigenvalue weighted by Crippen LogP contribution is 2.10. The molecule has 0 spiro atoms. The first kappa shape index (κ1) is 14.6. The van der Waals surface area contributed by atoms with Crippen molar-refractivity contribution >= 4 is 0 Å². The standard InChI is InChI=1S/C14H19FN2O/c1-10(2)14(9-18-3)17-8-12-4-11(7-16)5-13(15)6-12/h4-6,10,14,17H,8-9H2,1-3H3. The minimum atomic E-state index is -0.376. The zero-order valence-electron chi connectivity index (χ0n) is 11.0. The van der Waals surface area contributed by atoms with Crippen molar-refractivity contribution in [2.24, 2.45) is 5.92 Å². The summed E-state index contributed by atoms with van der Waals surface area (Å²) in [5.41, 5.74) is 1.12. The summed E-state index contributed by atoms with van der Waals surface area (Å²) < 4.78 is 18.4. The topological polar surface area (TPSA) is 45.0 Å². The van der Waals surface area contributed by atoms with Gasteiger partial charge in [0.2, 0.25) is 0 Å². The molecule has 0 aromatic heterocycles. The summed E-state index contributed by atoms with van der Waals surface area (Å²) in [6.07, 6.45) is 0. The first-order valence-electron chi connectivity index (χ1n) is 5.98. The monoisotopic (exact) mass is 250 g/mol. The fourth-order valence-electron chi connectivity index (χ4n) is 1.73. The normalized spacial score (nSPS) is 12.4. The molecule has 0 fully saturated rings. The quantitative estimate of drug-likeness (QED) is 0.843. The number of nitrogens with one attached hydrogen (secondary N) is 1.